The smallest absolute Gasteiger partial charge is 0.237 e. The van der Waals surface area contributed by atoms with E-state index in [1.807, 2.05) is 0 Å². The van der Waals surface area contributed by atoms with E-state index in [1.165, 1.54) is 6.42 Å². The summed E-state index contributed by atoms with van der Waals surface area (Å²) in [7, 11) is 0. The van der Waals surface area contributed by atoms with Crippen molar-refractivity contribution >= 4 is 5.91 Å². The number of carbonyl (C=O) groups excluding carboxylic acids is 1. The Balaban J connectivity index is 1.88. The monoisotopic (exact) mass is 220 g/mol. The van der Waals surface area contributed by atoms with Crippen LogP contribution in [0.25, 0.3) is 0 Å². The first-order chi connectivity index (χ1) is 7.70. The molecule has 5 N–H and O–H groups in total. The third-order valence-corrected chi connectivity index (χ3v) is 3.63. The quantitative estimate of drug-likeness (QED) is 0.434. The van der Waals surface area contributed by atoms with E-state index in [1.54, 1.807) is 0 Å². The fraction of sp³-hybridized carbons (Fsp3) is 0.545. The van der Waals surface area contributed by atoms with Gasteiger partial charge in [-0.25, -0.2) is 5.43 Å². The number of nitrogens with one attached hydrogen (secondary N) is 3. The van der Waals surface area contributed by atoms with Gasteiger partial charge in [-0.2, -0.15) is 0 Å². The third kappa shape index (κ3) is 1.36. The molecule has 1 spiro atoms. The van der Waals surface area contributed by atoms with Crippen LogP contribution in [0.1, 0.15) is 12.8 Å². The molecule has 2 saturated heterocycles. The van der Waals surface area contributed by atoms with Crippen LogP contribution in [-0.4, -0.2) is 24.0 Å². The Morgan fingerprint density at radius 2 is 2.44 bits per heavy atom. The lowest BCUT2D eigenvalue weighted by Crippen LogP contribution is -2.43. The van der Waals surface area contributed by atoms with Crippen LogP contribution in [-0.2, 0) is 4.79 Å². The van der Waals surface area contributed by atoms with Gasteiger partial charge in [0, 0.05) is 11.6 Å². The predicted molar refractivity (Wildman–Crippen MR) is 59.9 cm³/mol. The van der Waals surface area contributed by atoms with Gasteiger partial charge in [-0.05, 0) is 25.5 Å². The first kappa shape index (κ1) is 9.86. The van der Waals surface area contributed by atoms with E-state index in [0.29, 0.717) is 0 Å². The van der Waals surface area contributed by atoms with E-state index < -0.39 is 0 Å². The number of amides is 1. The SMILES string of the molecule is NC(=O)C1NNC2=CC3(C=CC21)CCCN3. The van der Waals surface area contributed by atoms with Crippen molar-refractivity contribution in [2.45, 2.75) is 24.4 Å². The molecule has 16 heavy (non-hydrogen) atoms. The highest BCUT2D eigenvalue weighted by molar-refractivity contribution is 5.81. The third-order valence-electron chi connectivity index (χ3n) is 3.63. The van der Waals surface area contributed by atoms with Gasteiger partial charge in [-0.3, -0.25) is 4.79 Å². The molecule has 3 aliphatic rings. The highest BCUT2D eigenvalue weighted by Gasteiger charge is 2.40. The molecule has 5 heteroatoms. The van der Waals surface area contributed by atoms with Crippen LogP contribution in [0.4, 0.5) is 0 Å². The molecule has 0 saturated carbocycles. The minimum Gasteiger partial charge on any atom is -0.368 e. The molecule has 2 heterocycles. The molecular weight excluding hydrogens is 204 g/mol. The minimum absolute atomic E-state index is 0.00690. The average molecular weight is 220 g/mol. The summed E-state index contributed by atoms with van der Waals surface area (Å²) in [6.07, 6.45) is 8.73. The summed E-state index contributed by atoms with van der Waals surface area (Å²) in [5.74, 6) is -0.258. The Bertz CT molecular complexity index is 381. The number of primary amides is 1. The number of fused-ring (bicyclic) bond motifs is 1. The first-order valence-corrected chi connectivity index (χ1v) is 5.68. The zero-order valence-electron chi connectivity index (χ0n) is 8.99. The van der Waals surface area contributed by atoms with Crippen LogP contribution in [0.15, 0.2) is 23.9 Å². The largest absolute Gasteiger partial charge is 0.368 e. The van der Waals surface area contributed by atoms with Gasteiger partial charge in [0.2, 0.25) is 5.91 Å². The number of hydrogen-bond donors (Lipinski definition) is 4. The van der Waals surface area contributed by atoms with Crippen LogP contribution in [0.2, 0.25) is 0 Å². The molecule has 0 aromatic heterocycles. The molecule has 2 aliphatic heterocycles. The molecule has 0 aromatic carbocycles. The fourth-order valence-corrected chi connectivity index (χ4v) is 2.77. The Hall–Kier alpha value is -1.33. The zero-order valence-corrected chi connectivity index (χ0v) is 8.99. The molecular formula is C11H16N4O. The van der Waals surface area contributed by atoms with Gasteiger partial charge in [0.05, 0.1) is 5.54 Å². The minimum atomic E-state index is -0.332. The van der Waals surface area contributed by atoms with Crippen LogP contribution in [0.5, 0.6) is 0 Å². The summed E-state index contributed by atoms with van der Waals surface area (Å²) in [4.78, 5) is 11.2. The van der Waals surface area contributed by atoms with Crippen molar-refractivity contribution in [2.24, 2.45) is 11.7 Å². The summed E-state index contributed by atoms with van der Waals surface area (Å²) >= 11 is 0. The topological polar surface area (TPSA) is 79.2 Å². The van der Waals surface area contributed by atoms with Crippen LogP contribution in [0, 0.1) is 5.92 Å². The average Bonchev–Trinajstić information content (AvgIpc) is 2.85. The van der Waals surface area contributed by atoms with E-state index in [4.69, 9.17) is 5.73 Å². The molecule has 1 aliphatic carbocycles. The number of hydrazine groups is 1. The van der Waals surface area contributed by atoms with E-state index >= 15 is 0 Å². The van der Waals surface area contributed by atoms with Gasteiger partial charge >= 0.3 is 0 Å². The lowest BCUT2D eigenvalue weighted by Gasteiger charge is -2.28. The summed E-state index contributed by atoms with van der Waals surface area (Å²) in [6, 6.07) is -0.332. The second kappa shape index (κ2) is 3.33. The molecule has 1 amide bonds. The van der Waals surface area contributed by atoms with E-state index in [2.05, 4.69) is 34.4 Å². The van der Waals surface area contributed by atoms with Gasteiger partial charge in [-0.1, -0.05) is 12.2 Å². The van der Waals surface area contributed by atoms with Gasteiger partial charge in [0.15, 0.2) is 0 Å². The zero-order chi connectivity index (χ0) is 11.2. The molecule has 2 fully saturated rings. The Morgan fingerprint density at radius 3 is 3.12 bits per heavy atom. The summed E-state index contributed by atoms with van der Waals surface area (Å²) < 4.78 is 0. The summed E-state index contributed by atoms with van der Waals surface area (Å²) in [6.45, 7) is 1.05. The second-order valence-corrected chi connectivity index (χ2v) is 4.70. The fourth-order valence-electron chi connectivity index (χ4n) is 2.77. The van der Waals surface area contributed by atoms with Crippen molar-refractivity contribution in [3.63, 3.8) is 0 Å². The highest BCUT2D eigenvalue weighted by Crippen LogP contribution is 2.33. The van der Waals surface area contributed by atoms with Crippen molar-refractivity contribution in [3.05, 3.63) is 23.9 Å². The normalized spacial score (nSPS) is 40.6. The lowest BCUT2D eigenvalue weighted by atomic mass is 9.84. The van der Waals surface area contributed by atoms with E-state index in [-0.39, 0.29) is 23.4 Å². The number of carbonyl (C=O) groups is 1. The van der Waals surface area contributed by atoms with Gasteiger partial charge in [-0.15, -0.1) is 0 Å². The molecule has 0 aromatic rings. The second-order valence-electron chi connectivity index (χ2n) is 4.70. The number of hydrogen-bond acceptors (Lipinski definition) is 4. The molecule has 0 radical (unpaired) electrons. The molecule has 3 rings (SSSR count). The maximum Gasteiger partial charge on any atom is 0.237 e. The lowest BCUT2D eigenvalue weighted by molar-refractivity contribution is -0.120. The Morgan fingerprint density at radius 1 is 1.56 bits per heavy atom. The van der Waals surface area contributed by atoms with Gasteiger partial charge in [0.25, 0.3) is 0 Å². The molecule has 5 nitrogen and oxygen atoms in total. The molecule has 0 bridgehead atoms. The summed E-state index contributed by atoms with van der Waals surface area (Å²) in [5, 5.41) is 3.48. The number of nitrogens with two attached hydrogens (primary N) is 1. The maximum atomic E-state index is 11.2. The van der Waals surface area contributed by atoms with Gasteiger partial charge in [0.1, 0.15) is 6.04 Å². The Labute approximate surface area is 94.1 Å². The van der Waals surface area contributed by atoms with E-state index in [9.17, 15) is 4.79 Å². The van der Waals surface area contributed by atoms with Gasteiger partial charge < -0.3 is 16.5 Å². The predicted octanol–water partition coefficient (Wildman–Crippen LogP) is -0.860. The molecule has 3 atom stereocenters. The van der Waals surface area contributed by atoms with Crippen molar-refractivity contribution in [1.29, 1.82) is 0 Å². The van der Waals surface area contributed by atoms with Crippen molar-refractivity contribution < 1.29 is 4.79 Å². The van der Waals surface area contributed by atoms with Crippen molar-refractivity contribution in [1.82, 2.24) is 16.2 Å². The molecule has 3 unspecified atom stereocenters. The first-order valence-electron chi connectivity index (χ1n) is 5.68. The van der Waals surface area contributed by atoms with Crippen LogP contribution < -0.4 is 21.9 Å². The summed E-state index contributed by atoms with van der Waals surface area (Å²) in [5.41, 5.74) is 12.4. The van der Waals surface area contributed by atoms with E-state index in [0.717, 1.165) is 18.7 Å². The standard InChI is InChI=1S/C11H16N4O/c12-10(16)9-7-2-4-11(3-1-5-13-11)6-8(7)14-15-9/h2,4,6-7,9,13-15H,1,3,5H2,(H2,12,16). The van der Waals surface area contributed by atoms with Crippen LogP contribution >= 0.6 is 0 Å². The van der Waals surface area contributed by atoms with Crippen molar-refractivity contribution in [2.75, 3.05) is 6.54 Å². The van der Waals surface area contributed by atoms with Crippen molar-refractivity contribution in [3.8, 4) is 0 Å². The molecule has 86 valence electrons. The Kier molecular flexibility index (Phi) is 2.05. The number of rotatable bonds is 1. The highest BCUT2D eigenvalue weighted by atomic mass is 16.1. The van der Waals surface area contributed by atoms with Crippen LogP contribution in [0.3, 0.4) is 0 Å². The maximum absolute atomic E-state index is 11.2.